The summed E-state index contributed by atoms with van der Waals surface area (Å²) < 4.78 is 0.804. The van der Waals surface area contributed by atoms with Gasteiger partial charge < -0.3 is 5.11 Å². The molecule has 1 rings (SSSR count). The summed E-state index contributed by atoms with van der Waals surface area (Å²) in [5.41, 5.74) is 1.14. The van der Waals surface area contributed by atoms with Gasteiger partial charge in [0.15, 0.2) is 5.78 Å². The molecule has 0 amide bonds. The van der Waals surface area contributed by atoms with Crippen molar-refractivity contribution < 1.29 is 14.7 Å². The largest absolute Gasteiger partial charge is 0.478 e. The summed E-state index contributed by atoms with van der Waals surface area (Å²) in [4.78, 5) is 22.3. The van der Waals surface area contributed by atoms with E-state index in [-0.39, 0.29) is 5.78 Å². The minimum absolute atomic E-state index is 0.0144. The number of aliphatic carboxylic acids is 1. The smallest absolute Gasteiger partial charge is 0.328 e. The van der Waals surface area contributed by atoms with Gasteiger partial charge in [0.05, 0.1) is 0 Å². The normalized spacial score (nSPS) is 10.7. The van der Waals surface area contributed by atoms with Gasteiger partial charge in [0.1, 0.15) is 0 Å². The van der Waals surface area contributed by atoms with E-state index in [0.717, 1.165) is 10.5 Å². The number of hydrogen-bond donors (Lipinski definition) is 1. The second kappa shape index (κ2) is 6.71. The molecule has 1 aromatic rings. The first-order valence-corrected chi connectivity index (χ1v) is 6.75. The number of carboxylic acids is 1. The van der Waals surface area contributed by atoms with Crippen LogP contribution < -0.4 is 0 Å². The number of carbonyl (C=O) groups is 2. The molecule has 0 atom stereocenters. The molecule has 0 aromatic heterocycles. The van der Waals surface area contributed by atoms with E-state index in [1.807, 2.05) is 0 Å². The molecule has 0 aliphatic heterocycles. The molecule has 0 fully saturated rings. The van der Waals surface area contributed by atoms with Gasteiger partial charge >= 0.3 is 5.97 Å². The Morgan fingerprint density at radius 1 is 1.35 bits per heavy atom. The predicted octanol–water partition coefficient (Wildman–Crippen LogP) is 3.51. The van der Waals surface area contributed by atoms with E-state index in [4.69, 9.17) is 5.11 Å². The molecule has 3 nitrogen and oxygen atoms in total. The molecule has 0 radical (unpaired) electrons. The van der Waals surface area contributed by atoms with Crippen LogP contribution in [0.1, 0.15) is 22.3 Å². The highest BCUT2D eigenvalue weighted by Crippen LogP contribution is 2.19. The van der Waals surface area contributed by atoms with E-state index >= 15 is 0 Å². The summed E-state index contributed by atoms with van der Waals surface area (Å²) >= 11 is 6.50. The van der Waals surface area contributed by atoms with E-state index in [0.29, 0.717) is 22.9 Å². The van der Waals surface area contributed by atoms with Crippen molar-refractivity contribution >= 4 is 49.7 Å². The van der Waals surface area contributed by atoms with Crippen LogP contribution in [0.4, 0.5) is 0 Å². The molecule has 0 saturated carbocycles. The third kappa shape index (κ3) is 4.44. The van der Waals surface area contributed by atoms with Crippen molar-refractivity contribution in [1.82, 2.24) is 0 Å². The van der Waals surface area contributed by atoms with Crippen LogP contribution >= 0.6 is 31.9 Å². The molecular formula is C12H10Br2O3. The van der Waals surface area contributed by atoms with E-state index in [9.17, 15) is 9.59 Å². The number of benzene rings is 1. The zero-order valence-electron chi connectivity index (χ0n) is 8.82. The third-order valence-electron chi connectivity index (χ3n) is 2.04. The maximum absolute atomic E-state index is 11.8. The van der Waals surface area contributed by atoms with E-state index in [2.05, 4.69) is 31.9 Å². The van der Waals surface area contributed by atoms with Crippen molar-refractivity contribution in [3.05, 3.63) is 39.9 Å². The molecule has 0 bridgehead atoms. The van der Waals surface area contributed by atoms with Gasteiger partial charge in [0.25, 0.3) is 0 Å². The molecule has 1 N–H and O–H groups in total. The molecular weight excluding hydrogens is 352 g/mol. The number of ketones is 1. The zero-order chi connectivity index (χ0) is 12.8. The van der Waals surface area contributed by atoms with Crippen LogP contribution in [0.25, 0.3) is 6.08 Å². The highest BCUT2D eigenvalue weighted by molar-refractivity contribution is 9.10. The van der Waals surface area contributed by atoms with Crippen molar-refractivity contribution in [2.45, 2.75) is 6.42 Å². The number of halogens is 2. The average molecular weight is 362 g/mol. The lowest BCUT2D eigenvalue weighted by Crippen LogP contribution is -2.02. The average Bonchev–Trinajstić information content (AvgIpc) is 2.26. The molecule has 17 heavy (non-hydrogen) atoms. The summed E-state index contributed by atoms with van der Waals surface area (Å²) in [6.45, 7) is 0. The Hall–Kier alpha value is -0.940. The Labute approximate surface area is 116 Å². The number of Topliss-reactive ketones (excluding diaryl/α,β-unsaturated/α-hetero) is 1. The van der Waals surface area contributed by atoms with Crippen molar-refractivity contribution in [2.75, 3.05) is 5.33 Å². The van der Waals surface area contributed by atoms with Gasteiger partial charge in [-0.25, -0.2) is 4.79 Å². The first kappa shape index (κ1) is 14.1. The maximum atomic E-state index is 11.8. The summed E-state index contributed by atoms with van der Waals surface area (Å²) in [6, 6.07) is 5.18. The van der Waals surface area contributed by atoms with Crippen molar-refractivity contribution in [1.29, 1.82) is 0 Å². The Bertz CT molecular complexity index is 467. The molecule has 0 heterocycles. The fourth-order valence-corrected chi connectivity index (χ4v) is 2.05. The summed E-state index contributed by atoms with van der Waals surface area (Å²) in [6.07, 6.45) is 2.83. The highest BCUT2D eigenvalue weighted by atomic mass is 79.9. The maximum Gasteiger partial charge on any atom is 0.328 e. The molecule has 90 valence electrons. The molecule has 0 saturated heterocycles. The number of alkyl halides is 1. The van der Waals surface area contributed by atoms with Crippen LogP contribution in [0, 0.1) is 0 Å². The molecule has 0 aliphatic carbocycles. The van der Waals surface area contributed by atoms with E-state index < -0.39 is 5.97 Å². The van der Waals surface area contributed by atoms with E-state index in [1.165, 1.54) is 6.08 Å². The lowest BCUT2D eigenvalue weighted by Gasteiger charge is -2.04. The number of carbonyl (C=O) groups excluding carboxylic acids is 1. The minimum Gasteiger partial charge on any atom is -0.478 e. The van der Waals surface area contributed by atoms with Crippen molar-refractivity contribution in [3.63, 3.8) is 0 Å². The fraction of sp³-hybridized carbons (Fsp3) is 0.167. The van der Waals surface area contributed by atoms with E-state index in [1.54, 1.807) is 18.2 Å². The Morgan fingerprint density at radius 2 is 2.06 bits per heavy atom. The van der Waals surface area contributed by atoms with Crippen LogP contribution in [0.15, 0.2) is 28.7 Å². The SMILES string of the molecule is O=C(O)/C=C/c1cc(Br)ccc1C(=O)CCBr. The number of hydrogen-bond acceptors (Lipinski definition) is 2. The zero-order valence-corrected chi connectivity index (χ0v) is 12.0. The summed E-state index contributed by atoms with van der Waals surface area (Å²) in [7, 11) is 0. The lowest BCUT2D eigenvalue weighted by molar-refractivity contribution is -0.131. The predicted molar refractivity (Wildman–Crippen MR) is 73.6 cm³/mol. The van der Waals surface area contributed by atoms with Crippen molar-refractivity contribution in [3.8, 4) is 0 Å². The van der Waals surface area contributed by atoms with Gasteiger partial charge in [0.2, 0.25) is 0 Å². The topological polar surface area (TPSA) is 54.4 Å². The molecule has 0 unspecified atom stereocenters. The quantitative estimate of drug-likeness (QED) is 0.496. The molecule has 0 spiro atoms. The second-order valence-electron chi connectivity index (χ2n) is 3.27. The minimum atomic E-state index is -1.04. The van der Waals surface area contributed by atoms with Gasteiger partial charge in [0, 0.05) is 27.9 Å². The number of rotatable bonds is 5. The Morgan fingerprint density at radius 3 is 2.65 bits per heavy atom. The van der Waals surface area contributed by atoms with Gasteiger partial charge in [-0.05, 0) is 29.8 Å². The first-order chi connectivity index (χ1) is 8.04. The summed E-state index contributed by atoms with van der Waals surface area (Å²) in [5, 5.41) is 9.17. The third-order valence-corrected chi connectivity index (χ3v) is 2.93. The Kier molecular flexibility index (Phi) is 5.58. The van der Waals surface area contributed by atoms with Crippen LogP contribution in [-0.4, -0.2) is 22.2 Å². The molecule has 1 aromatic carbocycles. The summed E-state index contributed by atoms with van der Waals surface area (Å²) in [5.74, 6) is -1.05. The number of carboxylic acid groups (broad SMARTS) is 1. The van der Waals surface area contributed by atoms with Gasteiger partial charge in [-0.3, -0.25) is 4.79 Å². The van der Waals surface area contributed by atoms with Gasteiger partial charge in [-0.2, -0.15) is 0 Å². The second-order valence-corrected chi connectivity index (χ2v) is 4.97. The van der Waals surface area contributed by atoms with Crippen LogP contribution in [0.2, 0.25) is 0 Å². The Balaban J connectivity index is 3.12. The highest BCUT2D eigenvalue weighted by Gasteiger charge is 2.09. The fourth-order valence-electron chi connectivity index (χ4n) is 1.31. The first-order valence-electron chi connectivity index (χ1n) is 4.84. The monoisotopic (exact) mass is 360 g/mol. The standard InChI is InChI=1S/C12H10Br2O3/c13-6-5-11(15)10-3-2-9(14)7-8(10)1-4-12(16)17/h1-4,7H,5-6H2,(H,16,17)/b4-1+. The lowest BCUT2D eigenvalue weighted by atomic mass is 10.0. The molecule has 0 aliphatic rings. The van der Waals surface area contributed by atoms with Crippen LogP contribution in [0.5, 0.6) is 0 Å². The van der Waals surface area contributed by atoms with Crippen LogP contribution in [-0.2, 0) is 4.79 Å². The van der Waals surface area contributed by atoms with Gasteiger partial charge in [-0.15, -0.1) is 0 Å². The van der Waals surface area contributed by atoms with Crippen molar-refractivity contribution in [2.24, 2.45) is 0 Å². The molecule has 5 heteroatoms. The van der Waals surface area contributed by atoms with Crippen LogP contribution in [0.3, 0.4) is 0 Å². The van der Waals surface area contributed by atoms with Gasteiger partial charge in [-0.1, -0.05) is 31.9 Å².